The molecule has 0 aromatic heterocycles. The molecule has 0 rings (SSSR count). The predicted octanol–water partition coefficient (Wildman–Crippen LogP) is 3.56. The molecule has 114 valence electrons. The number of hydrogen-bond acceptors (Lipinski definition) is 4. The summed E-state index contributed by atoms with van der Waals surface area (Å²) in [5.74, 6) is -0.718. The molecule has 0 aliphatic rings. The summed E-state index contributed by atoms with van der Waals surface area (Å²) in [6.45, 7) is 9.25. The standard InChI is InChI=1S/C16H26O4/c1-4-11-14(20-16(18)6-3)12-9-7-8-10-13-19-15(17)5-2/h5-6,14H,2-4,7-13H2,1H3. The molecule has 0 aromatic rings. The zero-order valence-electron chi connectivity index (χ0n) is 12.4. The summed E-state index contributed by atoms with van der Waals surface area (Å²) in [5.41, 5.74) is 0. The van der Waals surface area contributed by atoms with E-state index in [1.54, 1.807) is 0 Å². The van der Waals surface area contributed by atoms with Crippen LogP contribution in [0.25, 0.3) is 0 Å². The third-order valence-corrected chi connectivity index (χ3v) is 2.89. The Bertz CT molecular complexity index is 310. The number of hydrogen-bond donors (Lipinski definition) is 0. The van der Waals surface area contributed by atoms with Crippen LogP contribution in [0.2, 0.25) is 0 Å². The van der Waals surface area contributed by atoms with Gasteiger partial charge < -0.3 is 9.47 Å². The van der Waals surface area contributed by atoms with Crippen molar-refractivity contribution in [3.63, 3.8) is 0 Å². The molecule has 0 radical (unpaired) electrons. The van der Waals surface area contributed by atoms with Crippen LogP contribution in [0.4, 0.5) is 0 Å². The van der Waals surface area contributed by atoms with Gasteiger partial charge in [-0.2, -0.15) is 0 Å². The molecule has 4 nitrogen and oxygen atoms in total. The zero-order valence-corrected chi connectivity index (χ0v) is 12.4. The first kappa shape index (κ1) is 18.4. The van der Waals surface area contributed by atoms with E-state index >= 15 is 0 Å². The summed E-state index contributed by atoms with van der Waals surface area (Å²) in [5, 5.41) is 0. The van der Waals surface area contributed by atoms with Gasteiger partial charge in [-0.3, -0.25) is 0 Å². The van der Waals surface area contributed by atoms with Gasteiger partial charge in [0.1, 0.15) is 6.10 Å². The molecular formula is C16H26O4. The van der Waals surface area contributed by atoms with E-state index in [-0.39, 0.29) is 18.0 Å². The number of esters is 2. The Morgan fingerprint density at radius 2 is 1.65 bits per heavy atom. The summed E-state index contributed by atoms with van der Waals surface area (Å²) in [6, 6.07) is 0. The van der Waals surface area contributed by atoms with Gasteiger partial charge in [-0.05, 0) is 25.7 Å². The maximum Gasteiger partial charge on any atom is 0.330 e. The zero-order chi connectivity index (χ0) is 15.2. The van der Waals surface area contributed by atoms with E-state index in [4.69, 9.17) is 9.47 Å². The Kier molecular flexibility index (Phi) is 11.5. The van der Waals surface area contributed by atoms with E-state index in [0.29, 0.717) is 6.61 Å². The van der Waals surface area contributed by atoms with Gasteiger partial charge in [-0.25, -0.2) is 9.59 Å². The Morgan fingerprint density at radius 1 is 1.00 bits per heavy atom. The third kappa shape index (κ3) is 10.4. The molecule has 0 fully saturated rings. The molecule has 0 aromatic carbocycles. The summed E-state index contributed by atoms with van der Waals surface area (Å²) < 4.78 is 10.2. The van der Waals surface area contributed by atoms with Crippen LogP contribution in [0.15, 0.2) is 25.3 Å². The van der Waals surface area contributed by atoms with Gasteiger partial charge in [0.25, 0.3) is 0 Å². The monoisotopic (exact) mass is 282 g/mol. The quantitative estimate of drug-likeness (QED) is 0.312. The maximum absolute atomic E-state index is 11.2. The fourth-order valence-electron chi connectivity index (χ4n) is 1.86. The molecule has 0 amide bonds. The minimum Gasteiger partial charge on any atom is -0.463 e. The first-order valence-corrected chi connectivity index (χ1v) is 7.26. The number of ether oxygens (including phenoxy) is 2. The largest absolute Gasteiger partial charge is 0.463 e. The van der Waals surface area contributed by atoms with Crippen LogP contribution < -0.4 is 0 Å². The Morgan fingerprint density at radius 3 is 2.25 bits per heavy atom. The Balaban J connectivity index is 3.62. The molecule has 4 heteroatoms. The first-order valence-electron chi connectivity index (χ1n) is 7.26. The van der Waals surface area contributed by atoms with Gasteiger partial charge in [0, 0.05) is 12.2 Å². The highest BCUT2D eigenvalue weighted by molar-refractivity contribution is 5.81. The molecule has 0 aliphatic carbocycles. The van der Waals surface area contributed by atoms with Crippen molar-refractivity contribution in [2.24, 2.45) is 0 Å². The van der Waals surface area contributed by atoms with Crippen molar-refractivity contribution in [1.29, 1.82) is 0 Å². The maximum atomic E-state index is 11.2. The SMILES string of the molecule is C=CC(=O)OCCCCCCC(CCC)OC(=O)C=C. The minimum atomic E-state index is -0.371. The summed E-state index contributed by atoms with van der Waals surface area (Å²) in [6.07, 6.45) is 9.01. The van der Waals surface area contributed by atoms with Crippen LogP contribution in [0.1, 0.15) is 51.9 Å². The molecule has 0 saturated heterocycles. The number of unbranched alkanes of at least 4 members (excludes halogenated alkanes) is 3. The molecule has 0 saturated carbocycles. The lowest BCUT2D eigenvalue weighted by atomic mass is 10.1. The van der Waals surface area contributed by atoms with Crippen LogP contribution in [0.5, 0.6) is 0 Å². The van der Waals surface area contributed by atoms with Crippen molar-refractivity contribution in [3.05, 3.63) is 25.3 Å². The van der Waals surface area contributed by atoms with Gasteiger partial charge in [0.15, 0.2) is 0 Å². The van der Waals surface area contributed by atoms with E-state index in [9.17, 15) is 9.59 Å². The normalized spacial score (nSPS) is 11.4. The lowest BCUT2D eigenvalue weighted by molar-refractivity contribution is -0.143. The number of rotatable bonds is 12. The second kappa shape index (κ2) is 12.5. The van der Waals surface area contributed by atoms with Crippen LogP contribution >= 0.6 is 0 Å². The van der Waals surface area contributed by atoms with Crippen LogP contribution in [-0.2, 0) is 19.1 Å². The predicted molar refractivity (Wildman–Crippen MR) is 79.2 cm³/mol. The van der Waals surface area contributed by atoms with E-state index in [1.165, 1.54) is 12.2 Å². The van der Waals surface area contributed by atoms with E-state index in [1.807, 2.05) is 0 Å². The Hall–Kier alpha value is -1.58. The third-order valence-electron chi connectivity index (χ3n) is 2.89. The van der Waals surface area contributed by atoms with E-state index < -0.39 is 0 Å². The number of carbonyl (C=O) groups excluding carboxylic acids is 2. The second-order valence-corrected chi connectivity index (χ2v) is 4.63. The molecule has 20 heavy (non-hydrogen) atoms. The highest BCUT2D eigenvalue weighted by atomic mass is 16.5. The molecule has 0 heterocycles. The topological polar surface area (TPSA) is 52.6 Å². The van der Waals surface area contributed by atoms with Crippen molar-refractivity contribution in [2.45, 2.75) is 58.0 Å². The first-order chi connectivity index (χ1) is 9.63. The molecule has 0 N–H and O–H groups in total. The van der Waals surface area contributed by atoms with E-state index in [0.717, 1.165) is 44.9 Å². The summed E-state index contributed by atoms with van der Waals surface area (Å²) in [4.78, 5) is 22.0. The van der Waals surface area contributed by atoms with Crippen molar-refractivity contribution in [2.75, 3.05) is 6.61 Å². The minimum absolute atomic E-state index is 0.0101. The highest BCUT2D eigenvalue weighted by Crippen LogP contribution is 2.13. The van der Waals surface area contributed by atoms with E-state index in [2.05, 4.69) is 20.1 Å². The molecular weight excluding hydrogens is 256 g/mol. The van der Waals surface area contributed by atoms with Crippen molar-refractivity contribution in [3.8, 4) is 0 Å². The average Bonchev–Trinajstić information content (AvgIpc) is 2.45. The van der Waals surface area contributed by atoms with Crippen LogP contribution in [0.3, 0.4) is 0 Å². The van der Waals surface area contributed by atoms with Gasteiger partial charge in [0.05, 0.1) is 6.61 Å². The van der Waals surface area contributed by atoms with Gasteiger partial charge in [-0.1, -0.05) is 39.3 Å². The lowest BCUT2D eigenvalue weighted by Gasteiger charge is -2.16. The second-order valence-electron chi connectivity index (χ2n) is 4.63. The molecule has 1 unspecified atom stereocenters. The molecule has 0 bridgehead atoms. The van der Waals surface area contributed by atoms with Crippen molar-refractivity contribution >= 4 is 11.9 Å². The van der Waals surface area contributed by atoms with Crippen molar-refractivity contribution < 1.29 is 19.1 Å². The average molecular weight is 282 g/mol. The fourth-order valence-corrected chi connectivity index (χ4v) is 1.86. The van der Waals surface area contributed by atoms with Gasteiger partial charge in [0.2, 0.25) is 0 Å². The summed E-state index contributed by atoms with van der Waals surface area (Å²) >= 11 is 0. The molecule has 0 spiro atoms. The molecule has 0 aliphatic heterocycles. The Labute approximate surface area is 121 Å². The summed E-state index contributed by atoms with van der Waals surface area (Å²) in [7, 11) is 0. The lowest BCUT2D eigenvalue weighted by Crippen LogP contribution is -2.16. The van der Waals surface area contributed by atoms with Crippen LogP contribution in [0, 0.1) is 0 Å². The van der Waals surface area contributed by atoms with Crippen molar-refractivity contribution in [1.82, 2.24) is 0 Å². The number of carbonyl (C=O) groups is 2. The highest BCUT2D eigenvalue weighted by Gasteiger charge is 2.11. The van der Waals surface area contributed by atoms with Gasteiger partial charge in [-0.15, -0.1) is 0 Å². The molecule has 1 atom stereocenters. The van der Waals surface area contributed by atoms with Gasteiger partial charge >= 0.3 is 11.9 Å². The van der Waals surface area contributed by atoms with Crippen LogP contribution in [-0.4, -0.2) is 24.6 Å². The fraction of sp³-hybridized carbons (Fsp3) is 0.625. The smallest absolute Gasteiger partial charge is 0.330 e.